The molecule has 0 fully saturated rings. The van der Waals surface area contributed by atoms with Crippen molar-refractivity contribution in [2.24, 2.45) is 0 Å². The number of nitrogens with zero attached hydrogens (tertiary/aromatic N) is 1. The lowest BCUT2D eigenvalue weighted by Gasteiger charge is -2.28. The molecule has 0 radical (unpaired) electrons. The van der Waals surface area contributed by atoms with Gasteiger partial charge in [-0.1, -0.05) is 0 Å². The number of anilines is 2. The minimum Gasteiger partial charge on any atom is -0.383 e. The molecule has 0 unspecified atom stereocenters. The van der Waals surface area contributed by atoms with Crippen molar-refractivity contribution in [3.63, 3.8) is 0 Å². The first-order chi connectivity index (χ1) is 7.18. The smallest absolute Gasteiger partial charge is 0.125 e. The molecule has 1 N–H and O–H groups in total. The van der Waals surface area contributed by atoms with Crippen LogP contribution in [0.1, 0.15) is 20.3 Å². The maximum absolute atomic E-state index is 13.2. The molecule has 1 heterocycles. The van der Waals surface area contributed by atoms with Crippen LogP contribution in [0.25, 0.3) is 0 Å². The Morgan fingerprint density at radius 1 is 1.40 bits per heavy atom. The van der Waals surface area contributed by atoms with E-state index in [9.17, 15) is 4.39 Å². The largest absolute Gasteiger partial charge is 0.383 e. The first-order valence-corrected chi connectivity index (χ1v) is 5.48. The van der Waals surface area contributed by atoms with Gasteiger partial charge in [0, 0.05) is 19.1 Å². The van der Waals surface area contributed by atoms with Crippen molar-refractivity contribution in [2.45, 2.75) is 26.3 Å². The van der Waals surface area contributed by atoms with Crippen molar-refractivity contribution in [1.29, 1.82) is 0 Å². The second-order valence-electron chi connectivity index (χ2n) is 4.23. The number of benzene rings is 1. The lowest BCUT2D eigenvalue weighted by molar-refractivity contribution is 0.623. The third-order valence-electron chi connectivity index (χ3n) is 2.78. The highest BCUT2D eigenvalue weighted by Gasteiger charge is 2.17. The van der Waals surface area contributed by atoms with Crippen LogP contribution in [0.2, 0.25) is 0 Å². The molecule has 1 aliphatic heterocycles. The number of rotatable bonds is 1. The molecule has 3 heteroatoms. The van der Waals surface area contributed by atoms with Crippen molar-refractivity contribution in [1.82, 2.24) is 0 Å². The van der Waals surface area contributed by atoms with Crippen LogP contribution in [-0.2, 0) is 0 Å². The number of halogens is 1. The third kappa shape index (κ3) is 2.06. The number of hydrogen-bond acceptors (Lipinski definition) is 2. The molecule has 1 aromatic carbocycles. The SMILES string of the molecule is CC(C)N1CCCNc2ccc(F)cc21. The van der Waals surface area contributed by atoms with Gasteiger partial charge in [-0.05, 0) is 38.5 Å². The van der Waals surface area contributed by atoms with E-state index in [1.165, 1.54) is 6.07 Å². The lowest BCUT2D eigenvalue weighted by atomic mass is 10.2. The van der Waals surface area contributed by atoms with Crippen LogP contribution in [0.3, 0.4) is 0 Å². The highest BCUT2D eigenvalue weighted by molar-refractivity contribution is 5.71. The van der Waals surface area contributed by atoms with Crippen molar-refractivity contribution in [3.8, 4) is 0 Å². The fraction of sp³-hybridized carbons (Fsp3) is 0.500. The Balaban J connectivity index is 2.42. The molecular weight excluding hydrogens is 191 g/mol. The van der Waals surface area contributed by atoms with Crippen LogP contribution < -0.4 is 10.2 Å². The fourth-order valence-electron chi connectivity index (χ4n) is 2.02. The zero-order chi connectivity index (χ0) is 10.8. The predicted molar refractivity (Wildman–Crippen MR) is 62.0 cm³/mol. The molecule has 0 atom stereocenters. The Morgan fingerprint density at radius 2 is 2.20 bits per heavy atom. The summed E-state index contributed by atoms with van der Waals surface area (Å²) in [4.78, 5) is 2.25. The molecule has 1 aliphatic rings. The summed E-state index contributed by atoms with van der Waals surface area (Å²) < 4.78 is 13.2. The lowest BCUT2D eigenvalue weighted by Crippen LogP contribution is -2.31. The van der Waals surface area contributed by atoms with Crippen molar-refractivity contribution in [2.75, 3.05) is 23.3 Å². The van der Waals surface area contributed by atoms with Gasteiger partial charge in [-0.15, -0.1) is 0 Å². The monoisotopic (exact) mass is 208 g/mol. The maximum atomic E-state index is 13.2. The Kier molecular flexibility index (Phi) is 2.80. The Bertz CT molecular complexity index is 349. The average molecular weight is 208 g/mol. The van der Waals surface area contributed by atoms with E-state index >= 15 is 0 Å². The molecule has 0 spiro atoms. The molecule has 82 valence electrons. The predicted octanol–water partition coefficient (Wildman–Crippen LogP) is 2.86. The first kappa shape index (κ1) is 10.3. The summed E-state index contributed by atoms with van der Waals surface area (Å²) in [5, 5.41) is 3.33. The topological polar surface area (TPSA) is 15.3 Å². The van der Waals surface area contributed by atoms with Crippen LogP contribution in [0.5, 0.6) is 0 Å². The van der Waals surface area contributed by atoms with Crippen molar-refractivity contribution >= 4 is 11.4 Å². The van der Waals surface area contributed by atoms with Gasteiger partial charge >= 0.3 is 0 Å². The van der Waals surface area contributed by atoms with E-state index in [-0.39, 0.29) is 5.82 Å². The number of fused-ring (bicyclic) bond motifs is 1. The molecule has 0 amide bonds. The minimum absolute atomic E-state index is 0.164. The summed E-state index contributed by atoms with van der Waals surface area (Å²) in [6.45, 7) is 6.23. The van der Waals surface area contributed by atoms with Gasteiger partial charge in [0.2, 0.25) is 0 Å². The first-order valence-electron chi connectivity index (χ1n) is 5.48. The fourth-order valence-corrected chi connectivity index (χ4v) is 2.02. The standard InChI is InChI=1S/C12H17FN2/c1-9(2)15-7-3-6-14-11-5-4-10(13)8-12(11)15/h4-5,8-9,14H,3,6-7H2,1-2H3. The Labute approximate surface area is 90.1 Å². The van der Waals surface area contributed by atoms with Crippen LogP contribution in [0.15, 0.2) is 18.2 Å². The van der Waals surface area contributed by atoms with Gasteiger partial charge < -0.3 is 10.2 Å². The van der Waals surface area contributed by atoms with Gasteiger partial charge in [-0.3, -0.25) is 0 Å². The second kappa shape index (κ2) is 4.09. The van der Waals surface area contributed by atoms with Crippen LogP contribution in [0, 0.1) is 5.82 Å². The third-order valence-corrected chi connectivity index (χ3v) is 2.78. The summed E-state index contributed by atoms with van der Waals surface area (Å²) >= 11 is 0. The van der Waals surface area contributed by atoms with E-state index in [0.29, 0.717) is 6.04 Å². The van der Waals surface area contributed by atoms with Gasteiger partial charge in [0.1, 0.15) is 5.82 Å². The van der Waals surface area contributed by atoms with E-state index in [0.717, 1.165) is 30.9 Å². The molecule has 1 aromatic rings. The summed E-state index contributed by atoms with van der Waals surface area (Å²) in [7, 11) is 0. The maximum Gasteiger partial charge on any atom is 0.125 e. The zero-order valence-corrected chi connectivity index (χ0v) is 9.26. The average Bonchev–Trinajstić information content (AvgIpc) is 2.39. The number of hydrogen-bond donors (Lipinski definition) is 1. The highest BCUT2D eigenvalue weighted by atomic mass is 19.1. The van der Waals surface area contributed by atoms with Crippen LogP contribution >= 0.6 is 0 Å². The minimum atomic E-state index is -0.164. The molecule has 2 nitrogen and oxygen atoms in total. The second-order valence-corrected chi connectivity index (χ2v) is 4.23. The highest BCUT2D eigenvalue weighted by Crippen LogP contribution is 2.30. The zero-order valence-electron chi connectivity index (χ0n) is 9.26. The summed E-state index contributed by atoms with van der Waals surface area (Å²) in [5.74, 6) is -0.164. The van der Waals surface area contributed by atoms with Gasteiger partial charge in [-0.2, -0.15) is 0 Å². The summed E-state index contributed by atoms with van der Waals surface area (Å²) in [5.41, 5.74) is 2.03. The molecular formula is C12H17FN2. The van der Waals surface area contributed by atoms with E-state index in [4.69, 9.17) is 0 Å². The molecule has 0 saturated carbocycles. The Hall–Kier alpha value is -1.25. The normalized spacial score (nSPS) is 15.9. The molecule has 2 rings (SSSR count). The number of nitrogens with one attached hydrogen (secondary N) is 1. The molecule has 0 aromatic heterocycles. The molecule has 0 aliphatic carbocycles. The van der Waals surface area contributed by atoms with Crippen molar-refractivity contribution < 1.29 is 4.39 Å². The van der Waals surface area contributed by atoms with Crippen LogP contribution in [-0.4, -0.2) is 19.1 Å². The van der Waals surface area contributed by atoms with Crippen LogP contribution in [0.4, 0.5) is 15.8 Å². The van der Waals surface area contributed by atoms with Gasteiger partial charge in [0.15, 0.2) is 0 Å². The van der Waals surface area contributed by atoms with E-state index < -0.39 is 0 Å². The van der Waals surface area contributed by atoms with Crippen molar-refractivity contribution in [3.05, 3.63) is 24.0 Å². The van der Waals surface area contributed by atoms with E-state index in [1.54, 1.807) is 6.07 Å². The Morgan fingerprint density at radius 3 is 2.93 bits per heavy atom. The summed E-state index contributed by atoms with van der Waals surface area (Å²) in [6.07, 6.45) is 1.09. The molecule has 15 heavy (non-hydrogen) atoms. The van der Waals surface area contributed by atoms with Gasteiger partial charge in [0.05, 0.1) is 11.4 Å². The molecule has 0 bridgehead atoms. The van der Waals surface area contributed by atoms with E-state index in [1.807, 2.05) is 6.07 Å². The molecule has 0 saturated heterocycles. The van der Waals surface area contributed by atoms with Gasteiger partial charge in [-0.25, -0.2) is 4.39 Å². The quantitative estimate of drug-likeness (QED) is 0.763. The summed E-state index contributed by atoms with van der Waals surface area (Å²) in [6, 6.07) is 5.36. The van der Waals surface area contributed by atoms with E-state index in [2.05, 4.69) is 24.1 Å². The van der Waals surface area contributed by atoms with Gasteiger partial charge in [0.25, 0.3) is 0 Å².